The molecular weight excluding hydrogens is 216 g/mol. The SMILES string of the molecule is COC[C@H](C)NC(=O)CN(C)C1CCCCC1. The predicted octanol–water partition coefficient (Wildman–Crippen LogP) is 1.40. The summed E-state index contributed by atoms with van der Waals surface area (Å²) in [6, 6.07) is 0.680. The van der Waals surface area contributed by atoms with E-state index in [0.717, 1.165) is 0 Å². The summed E-state index contributed by atoms with van der Waals surface area (Å²) in [5.74, 6) is 0.0997. The Balaban J connectivity index is 2.24. The second-order valence-corrected chi connectivity index (χ2v) is 5.13. The number of ether oxygens (including phenoxy) is 1. The van der Waals surface area contributed by atoms with Crippen LogP contribution in [0.1, 0.15) is 39.0 Å². The zero-order chi connectivity index (χ0) is 12.7. The van der Waals surface area contributed by atoms with E-state index in [0.29, 0.717) is 19.2 Å². The van der Waals surface area contributed by atoms with Crippen LogP contribution in [0.25, 0.3) is 0 Å². The molecule has 0 aliphatic heterocycles. The third kappa shape index (κ3) is 5.50. The fraction of sp³-hybridized carbons (Fsp3) is 0.923. The molecule has 0 saturated heterocycles. The Bertz CT molecular complexity index is 227. The molecule has 1 amide bonds. The first-order valence-electron chi connectivity index (χ1n) is 6.62. The quantitative estimate of drug-likeness (QED) is 0.765. The van der Waals surface area contributed by atoms with E-state index >= 15 is 0 Å². The van der Waals surface area contributed by atoms with E-state index in [2.05, 4.69) is 17.3 Å². The van der Waals surface area contributed by atoms with Crippen molar-refractivity contribution in [2.45, 2.75) is 51.1 Å². The molecule has 1 aliphatic rings. The van der Waals surface area contributed by atoms with Crippen LogP contribution in [0.3, 0.4) is 0 Å². The highest BCUT2D eigenvalue weighted by molar-refractivity contribution is 5.78. The number of methoxy groups -OCH3 is 1. The van der Waals surface area contributed by atoms with Gasteiger partial charge >= 0.3 is 0 Å². The van der Waals surface area contributed by atoms with Gasteiger partial charge in [-0.3, -0.25) is 9.69 Å². The van der Waals surface area contributed by atoms with Gasteiger partial charge in [0.05, 0.1) is 13.2 Å². The number of nitrogens with zero attached hydrogens (tertiary/aromatic N) is 1. The highest BCUT2D eigenvalue weighted by Crippen LogP contribution is 2.21. The number of nitrogens with one attached hydrogen (secondary N) is 1. The van der Waals surface area contributed by atoms with Gasteiger partial charge in [-0.05, 0) is 26.8 Å². The molecule has 1 atom stereocenters. The van der Waals surface area contributed by atoms with Gasteiger partial charge < -0.3 is 10.1 Å². The molecule has 0 aromatic carbocycles. The smallest absolute Gasteiger partial charge is 0.234 e. The third-order valence-corrected chi connectivity index (χ3v) is 3.42. The molecular formula is C13H26N2O2. The van der Waals surface area contributed by atoms with Crippen molar-refractivity contribution in [3.05, 3.63) is 0 Å². The minimum Gasteiger partial charge on any atom is -0.383 e. The summed E-state index contributed by atoms with van der Waals surface area (Å²) in [6.45, 7) is 3.03. The van der Waals surface area contributed by atoms with Gasteiger partial charge in [0.2, 0.25) is 5.91 Å². The Labute approximate surface area is 105 Å². The molecule has 0 heterocycles. The van der Waals surface area contributed by atoms with Gasteiger partial charge in [0.15, 0.2) is 0 Å². The minimum absolute atomic E-state index is 0.0901. The van der Waals surface area contributed by atoms with Gasteiger partial charge in [0.25, 0.3) is 0 Å². The molecule has 1 aliphatic carbocycles. The lowest BCUT2D eigenvalue weighted by Gasteiger charge is -2.30. The average molecular weight is 242 g/mol. The standard InChI is InChI=1S/C13H26N2O2/c1-11(10-17-3)14-13(16)9-15(2)12-7-5-4-6-8-12/h11-12H,4-10H2,1-3H3,(H,14,16)/t11-/m0/s1. The van der Waals surface area contributed by atoms with Crippen molar-refractivity contribution in [1.82, 2.24) is 10.2 Å². The van der Waals surface area contributed by atoms with E-state index in [1.165, 1.54) is 32.1 Å². The van der Waals surface area contributed by atoms with Crippen molar-refractivity contribution in [3.63, 3.8) is 0 Å². The maximum Gasteiger partial charge on any atom is 0.234 e. The molecule has 0 unspecified atom stereocenters. The summed E-state index contributed by atoms with van der Waals surface area (Å²) in [6.07, 6.45) is 6.42. The zero-order valence-corrected chi connectivity index (χ0v) is 11.4. The summed E-state index contributed by atoms with van der Waals surface area (Å²) in [7, 11) is 3.70. The van der Waals surface area contributed by atoms with Crippen LogP contribution in [0.5, 0.6) is 0 Å². The largest absolute Gasteiger partial charge is 0.383 e. The lowest BCUT2D eigenvalue weighted by Crippen LogP contribution is -2.44. The predicted molar refractivity (Wildman–Crippen MR) is 69.0 cm³/mol. The number of carbonyl (C=O) groups excluding carboxylic acids is 1. The highest BCUT2D eigenvalue weighted by Gasteiger charge is 2.20. The molecule has 1 fully saturated rings. The summed E-state index contributed by atoms with van der Waals surface area (Å²) < 4.78 is 5.00. The molecule has 100 valence electrons. The second kappa shape index (κ2) is 7.67. The number of hydrogen-bond donors (Lipinski definition) is 1. The van der Waals surface area contributed by atoms with Gasteiger partial charge in [-0.25, -0.2) is 0 Å². The minimum atomic E-state index is 0.0901. The van der Waals surface area contributed by atoms with Crippen molar-refractivity contribution in [3.8, 4) is 0 Å². The number of carbonyl (C=O) groups is 1. The highest BCUT2D eigenvalue weighted by atomic mass is 16.5. The van der Waals surface area contributed by atoms with Crippen LogP contribution >= 0.6 is 0 Å². The fourth-order valence-electron chi connectivity index (χ4n) is 2.49. The summed E-state index contributed by atoms with van der Waals surface area (Å²) in [5, 5.41) is 2.95. The van der Waals surface area contributed by atoms with Crippen LogP contribution in [0.15, 0.2) is 0 Å². The lowest BCUT2D eigenvalue weighted by atomic mass is 9.94. The van der Waals surface area contributed by atoms with Gasteiger partial charge in [0.1, 0.15) is 0 Å². The van der Waals surface area contributed by atoms with Crippen LogP contribution in [0.2, 0.25) is 0 Å². The van der Waals surface area contributed by atoms with Crippen molar-refractivity contribution < 1.29 is 9.53 Å². The zero-order valence-electron chi connectivity index (χ0n) is 11.4. The van der Waals surface area contributed by atoms with Crippen molar-refractivity contribution in [2.24, 2.45) is 0 Å². The molecule has 0 radical (unpaired) electrons. The third-order valence-electron chi connectivity index (χ3n) is 3.42. The molecule has 0 spiro atoms. The Hall–Kier alpha value is -0.610. The topological polar surface area (TPSA) is 41.6 Å². The Morgan fingerprint density at radius 1 is 1.41 bits per heavy atom. The molecule has 4 nitrogen and oxygen atoms in total. The van der Waals surface area contributed by atoms with E-state index in [1.807, 2.05) is 6.92 Å². The number of likely N-dealkylation sites (N-methyl/N-ethyl adjacent to an activating group) is 1. The van der Waals surface area contributed by atoms with Crippen LogP contribution in [-0.2, 0) is 9.53 Å². The summed E-state index contributed by atoms with van der Waals surface area (Å²) in [4.78, 5) is 14.0. The number of hydrogen-bond acceptors (Lipinski definition) is 3. The maximum atomic E-state index is 11.8. The maximum absolute atomic E-state index is 11.8. The molecule has 1 N–H and O–H groups in total. The summed E-state index contributed by atoms with van der Waals surface area (Å²) >= 11 is 0. The molecule has 0 aromatic rings. The summed E-state index contributed by atoms with van der Waals surface area (Å²) in [5.41, 5.74) is 0. The van der Waals surface area contributed by atoms with E-state index in [4.69, 9.17) is 4.74 Å². The monoisotopic (exact) mass is 242 g/mol. The van der Waals surface area contributed by atoms with Gasteiger partial charge in [0, 0.05) is 19.2 Å². The first-order chi connectivity index (χ1) is 8.13. The van der Waals surface area contributed by atoms with Crippen molar-refractivity contribution >= 4 is 5.91 Å². The first-order valence-corrected chi connectivity index (χ1v) is 6.62. The van der Waals surface area contributed by atoms with Gasteiger partial charge in [-0.15, -0.1) is 0 Å². The molecule has 0 aromatic heterocycles. The van der Waals surface area contributed by atoms with E-state index < -0.39 is 0 Å². The Morgan fingerprint density at radius 2 is 2.06 bits per heavy atom. The fourth-order valence-corrected chi connectivity index (χ4v) is 2.49. The molecule has 1 saturated carbocycles. The van der Waals surface area contributed by atoms with Crippen LogP contribution in [0, 0.1) is 0 Å². The molecule has 4 heteroatoms. The van der Waals surface area contributed by atoms with E-state index in [1.54, 1.807) is 7.11 Å². The van der Waals surface area contributed by atoms with Crippen LogP contribution < -0.4 is 5.32 Å². The number of rotatable bonds is 6. The molecule has 17 heavy (non-hydrogen) atoms. The molecule has 0 bridgehead atoms. The van der Waals surface area contributed by atoms with Gasteiger partial charge in [-0.2, -0.15) is 0 Å². The van der Waals surface area contributed by atoms with Crippen LogP contribution in [0.4, 0.5) is 0 Å². The van der Waals surface area contributed by atoms with E-state index in [-0.39, 0.29) is 11.9 Å². The van der Waals surface area contributed by atoms with E-state index in [9.17, 15) is 4.79 Å². The Morgan fingerprint density at radius 3 is 2.65 bits per heavy atom. The first kappa shape index (κ1) is 14.5. The molecule has 1 rings (SSSR count). The Kier molecular flexibility index (Phi) is 6.52. The lowest BCUT2D eigenvalue weighted by molar-refractivity contribution is -0.123. The average Bonchev–Trinajstić information content (AvgIpc) is 2.30. The van der Waals surface area contributed by atoms with Crippen molar-refractivity contribution in [2.75, 3.05) is 27.3 Å². The van der Waals surface area contributed by atoms with Crippen molar-refractivity contribution in [1.29, 1.82) is 0 Å². The van der Waals surface area contributed by atoms with Gasteiger partial charge in [-0.1, -0.05) is 19.3 Å². The van der Waals surface area contributed by atoms with Crippen LogP contribution in [-0.4, -0.2) is 50.2 Å². The number of amides is 1. The normalized spacial score (nSPS) is 19.3. The second-order valence-electron chi connectivity index (χ2n) is 5.13.